The predicted molar refractivity (Wildman–Crippen MR) is 80.5 cm³/mol. The maximum atomic E-state index is 11.1. The van der Waals surface area contributed by atoms with Crippen LogP contribution in [0.5, 0.6) is 0 Å². The van der Waals surface area contributed by atoms with Crippen molar-refractivity contribution in [1.29, 1.82) is 0 Å². The lowest BCUT2D eigenvalue weighted by Crippen LogP contribution is -2.38. The minimum Gasteiger partial charge on any atom is -0.363 e. The number of hydrogen-bond donors (Lipinski definition) is 1. The van der Waals surface area contributed by atoms with E-state index in [4.69, 9.17) is 5.73 Å². The molecule has 2 N–H and O–H groups in total. The van der Waals surface area contributed by atoms with Gasteiger partial charge in [0.25, 0.3) is 5.91 Å². The van der Waals surface area contributed by atoms with Gasteiger partial charge in [0.15, 0.2) is 0 Å². The highest BCUT2D eigenvalue weighted by Crippen LogP contribution is 2.23. The van der Waals surface area contributed by atoms with Crippen molar-refractivity contribution in [2.45, 2.75) is 32.7 Å². The number of primary amides is 1. The summed E-state index contributed by atoms with van der Waals surface area (Å²) in [5.41, 5.74) is 7.27. The summed E-state index contributed by atoms with van der Waals surface area (Å²) in [5, 5.41) is 4.16. The third kappa shape index (κ3) is 2.76. The maximum Gasteiger partial charge on any atom is 0.288 e. The molecule has 1 atom stereocenters. The Kier molecular flexibility index (Phi) is 3.74. The molecule has 0 saturated carbocycles. The van der Waals surface area contributed by atoms with Crippen LogP contribution in [0.25, 0.3) is 0 Å². The van der Waals surface area contributed by atoms with Crippen LogP contribution in [0, 0.1) is 13.8 Å². The lowest BCUT2D eigenvalue weighted by molar-refractivity contribution is 0.0990. The van der Waals surface area contributed by atoms with E-state index >= 15 is 0 Å². The third-order valence-electron chi connectivity index (χ3n) is 3.99. The minimum absolute atomic E-state index is 0.0551. The lowest BCUT2D eigenvalue weighted by atomic mass is 10.1. The number of carbonyl (C=O) groups is 1. The Labute approximate surface area is 128 Å². The summed E-state index contributed by atoms with van der Waals surface area (Å²) in [6, 6.07) is 0.138. The Morgan fingerprint density at radius 1 is 1.36 bits per heavy atom. The van der Waals surface area contributed by atoms with Gasteiger partial charge in [-0.25, -0.2) is 19.6 Å². The second-order valence-corrected chi connectivity index (χ2v) is 5.59. The van der Waals surface area contributed by atoms with Gasteiger partial charge >= 0.3 is 0 Å². The topological polar surface area (TPSA) is 103 Å². The van der Waals surface area contributed by atoms with Crippen LogP contribution in [0.3, 0.4) is 0 Å². The van der Waals surface area contributed by atoms with Crippen molar-refractivity contribution in [2.24, 2.45) is 5.73 Å². The van der Waals surface area contributed by atoms with Crippen molar-refractivity contribution in [3.63, 3.8) is 0 Å². The van der Waals surface area contributed by atoms with Crippen molar-refractivity contribution < 1.29 is 4.79 Å². The summed E-state index contributed by atoms with van der Waals surface area (Å²) in [4.78, 5) is 26.2. The van der Waals surface area contributed by atoms with Gasteiger partial charge in [-0.1, -0.05) is 0 Å². The first-order valence-electron chi connectivity index (χ1n) is 7.30. The molecule has 1 fully saturated rings. The maximum absolute atomic E-state index is 11.1. The Morgan fingerprint density at radius 2 is 2.18 bits per heavy atom. The first-order chi connectivity index (χ1) is 10.5. The largest absolute Gasteiger partial charge is 0.363 e. The van der Waals surface area contributed by atoms with E-state index in [0.29, 0.717) is 0 Å². The molecule has 116 valence electrons. The molecule has 3 rings (SSSR count). The van der Waals surface area contributed by atoms with E-state index in [1.54, 1.807) is 11.0 Å². The summed E-state index contributed by atoms with van der Waals surface area (Å²) >= 11 is 0. The van der Waals surface area contributed by atoms with Crippen LogP contribution in [-0.4, -0.2) is 43.7 Å². The molecule has 22 heavy (non-hydrogen) atoms. The van der Waals surface area contributed by atoms with Crippen molar-refractivity contribution in [3.8, 4) is 0 Å². The van der Waals surface area contributed by atoms with E-state index in [1.165, 1.54) is 0 Å². The van der Waals surface area contributed by atoms with E-state index in [0.717, 1.165) is 43.1 Å². The smallest absolute Gasteiger partial charge is 0.288 e. The van der Waals surface area contributed by atoms with Crippen molar-refractivity contribution in [2.75, 3.05) is 18.0 Å². The van der Waals surface area contributed by atoms with Crippen LogP contribution in [-0.2, 0) is 0 Å². The summed E-state index contributed by atoms with van der Waals surface area (Å²) in [7, 11) is 0. The molecular formula is C14H19N7O. The normalized spacial score (nSPS) is 18.5. The van der Waals surface area contributed by atoms with Crippen LogP contribution in [0.4, 0.5) is 5.95 Å². The van der Waals surface area contributed by atoms with Crippen LogP contribution in [0.1, 0.15) is 40.8 Å². The number of carbonyl (C=O) groups excluding carboxylic acids is 1. The number of amides is 1. The quantitative estimate of drug-likeness (QED) is 0.891. The number of nitrogens with zero attached hydrogens (tertiary/aromatic N) is 6. The Bertz CT molecular complexity index is 696. The monoisotopic (exact) mass is 301 g/mol. The fourth-order valence-electron chi connectivity index (χ4n) is 2.58. The van der Waals surface area contributed by atoms with Crippen molar-refractivity contribution >= 4 is 11.9 Å². The highest BCUT2D eigenvalue weighted by atomic mass is 16.1. The highest BCUT2D eigenvalue weighted by Gasteiger charge is 2.24. The van der Waals surface area contributed by atoms with Gasteiger partial charge in [0.05, 0.1) is 6.04 Å². The van der Waals surface area contributed by atoms with Gasteiger partial charge in [-0.05, 0) is 32.3 Å². The number of piperidine rings is 1. The third-order valence-corrected chi connectivity index (χ3v) is 3.99. The zero-order chi connectivity index (χ0) is 15.7. The molecule has 2 aromatic rings. The number of aryl methyl sites for hydroxylation is 2. The Morgan fingerprint density at radius 3 is 2.86 bits per heavy atom. The number of anilines is 1. The highest BCUT2D eigenvalue weighted by molar-refractivity contribution is 5.88. The molecule has 1 aliphatic rings. The molecule has 1 saturated heterocycles. The van der Waals surface area contributed by atoms with Gasteiger partial charge < -0.3 is 10.6 Å². The molecule has 3 heterocycles. The average molecular weight is 301 g/mol. The van der Waals surface area contributed by atoms with Gasteiger partial charge in [-0.2, -0.15) is 0 Å². The van der Waals surface area contributed by atoms with E-state index in [2.05, 4.69) is 25.0 Å². The lowest BCUT2D eigenvalue weighted by Gasteiger charge is -2.32. The van der Waals surface area contributed by atoms with Crippen molar-refractivity contribution in [1.82, 2.24) is 24.7 Å². The van der Waals surface area contributed by atoms with Gasteiger partial charge in [0, 0.05) is 25.0 Å². The van der Waals surface area contributed by atoms with E-state index in [9.17, 15) is 4.79 Å². The molecule has 1 amide bonds. The molecule has 1 unspecified atom stereocenters. The predicted octanol–water partition coefficient (Wildman–Crippen LogP) is 0.625. The molecular weight excluding hydrogens is 282 g/mol. The molecule has 2 aromatic heterocycles. The van der Waals surface area contributed by atoms with Crippen LogP contribution in [0.15, 0.2) is 12.5 Å². The molecule has 8 nitrogen and oxygen atoms in total. The summed E-state index contributed by atoms with van der Waals surface area (Å²) < 4.78 is 1.72. The van der Waals surface area contributed by atoms with Gasteiger partial charge in [-0.15, -0.1) is 5.10 Å². The van der Waals surface area contributed by atoms with Gasteiger partial charge in [-0.3, -0.25) is 4.79 Å². The Balaban J connectivity index is 1.78. The van der Waals surface area contributed by atoms with Crippen LogP contribution < -0.4 is 10.6 Å². The van der Waals surface area contributed by atoms with Crippen molar-refractivity contribution in [3.05, 3.63) is 29.6 Å². The molecule has 0 aliphatic carbocycles. The second-order valence-electron chi connectivity index (χ2n) is 5.59. The zero-order valence-corrected chi connectivity index (χ0v) is 12.7. The standard InChI is InChI=1S/C14H19N7O/c1-9-6-16-14(18-10(9)2)20-5-3-4-11(7-20)21-8-17-13(19-21)12(15)22/h6,8,11H,3-5,7H2,1-2H3,(H2,15,22). The number of rotatable bonds is 3. The molecule has 0 bridgehead atoms. The zero-order valence-electron chi connectivity index (χ0n) is 12.7. The molecule has 0 radical (unpaired) electrons. The van der Waals surface area contributed by atoms with E-state index in [1.807, 2.05) is 20.0 Å². The molecule has 0 spiro atoms. The van der Waals surface area contributed by atoms with Crippen LogP contribution in [0.2, 0.25) is 0 Å². The molecule has 8 heteroatoms. The fourth-order valence-corrected chi connectivity index (χ4v) is 2.58. The number of aromatic nitrogens is 5. The summed E-state index contributed by atoms with van der Waals surface area (Å²) in [5.74, 6) is 0.187. The van der Waals surface area contributed by atoms with E-state index < -0.39 is 5.91 Å². The second kappa shape index (κ2) is 5.70. The Hall–Kier alpha value is -2.51. The fraction of sp³-hybridized carbons (Fsp3) is 0.500. The number of nitrogens with two attached hydrogens (primary N) is 1. The average Bonchev–Trinajstić information content (AvgIpc) is 3.00. The first kappa shape index (κ1) is 14.4. The molecule has 1 aliphatic heterocycles. The molecule has 0 aromatic carbocycles. The van der Waals surface area contributed by atoms with E-state index in [-0.39, 0.29) is 11.9 Å². The van der Waals surface area contributed by atoms with Gasteiger partial charge in [0.1, 0.15) is 6.33 Å². The first-order valence-corrected chi connectivity index (χ1v) is 7.30. The van der Waals surface area contributed by atoms with Gasteiger partial charge in [0.2, 0.25) is 11.8 Å². The summed E-state index contributed by atoms with van der Waals surface area (Å²) in [6.07, 6.45) is 5.40. The van der Waals surface area contributed by atoms with Crippen LogP contribution >= 0.6 is 0 Å². The minimum atomic E-state index is -0.607. The number of hydrogen-bond acceptors (Lipinski definition) is 6. The SMILES string of the molecule is Cc1cnc(N2CCCC(n3cnc(C(N)=O)n3)C2)nc1C. The summed E-state index contributed by atoms with van der Waals surface area (Å²) in [6.45, 7) is 5.64.